The summed E-state index contributed by atoms with van der Waals surface area (Å²) < 4.78 is 17.4. The van der Waals surface area contributed by atoms with E-state index in [1.165, 1.54) is 7.11 Å². The molecule has 2 atom stereocenters. The van der Waals surface area contributed by atoms with Gasteiger partial charge in [-0.1, -0.05) is 26.2 Å². The third kappa shape index (κ3) is 9.75. The van der Waals surface area contributed by atoms with Crippen molar-refractivity contribution in [3.8, 4) is 0 Å². The van der Waals surface area contributed by atoms with Crippen LogP contribution in [0.4, 0.5) is 4.39 Å². The summed E-state index contributed by atoms with van der Waals surface area (Å²) in [5.41, 5.74) is 0. The summed E-state index contributed by atoms with van der Waals surface area (Å²) in [5.74, 6) is 0.800. The van der Waals surface area contributed by atoms with Crippen LogP contribution >= 0.6 is 11.8 Å². The molecule has 0 spiro atoms. The quantitative estimate of drug-likeness (QED) is 0.415. The van der Waals surface area contributed by atoms with Gasteiger partial charge in [0.15, 0.2) is 0 Å². The van der Waals surface area contributed by atoms with Crippen LogP contribution in [0.15, 0.2) is 0 Å². The number of rotatable bonds is 11. The molecular formula is C14H27FO2S. The van der Waals surface area contributed by atoms with Crippen LogP contribution in [-0.2, 0) is 9.53 Å². The monoisotopic (exact) mass is 278 g/mol. The maximum Gasteiger partial charge on any atom is 0.318 e. The molecule has 0 N–H and O–H groups in total. The molecule has 0 radical (unpaired) electrons. The van der Waals surface area contributed by atoms with Gasteiger partial charge in [0, 0.05) is 0 Å². The lowest BCUT2D eigenvalue weighted by molar-refractivity contribution is -0.140. The highest BCUT2D eigenvalue weighted by Crippen LogP contribution is 2.21. The number of unbranched alkanes of at least 4 members (excludes halogenated alkanes) is 3. The van der Waals surface area contributed by atoms with Gasteiger partial charge in [0.25, 0.3) is 0 Å². The summed E-state index contributed by atoms with van der Waals surface area (Å²) in [4.78, 5) is 11.6. The zero-order chi connectivity index (χ0) is 13.8. The predicted octanol–water partition coefficient (Wildman–Crippen LogP) is 4.37. The number of carbonyl (C=O) groups is 1. The van der Waals surface area contributed by atoms with Crippen molar-refractivity contribution in [2.75, 3.05) is 12.9 Å². The number of hydrogen-bond donors (Lipinski definition) is 0. The third-order valence-corrected chi connectivity index (χ3v) is 4.20. The molecule has 0 bridgehead atoms. The average Bonchev–Trinajstić information content (AvgIpc) is 2.35. The zero-order valence-electron chi connectivity index (χ0n) is 11.9. The lowest BCUT2D eigenvalue weighted by atomic mass is 10.1. The van der Waals surface area contributed by atoms with Crippen molar-refractivity contribution < 1.29 is 13.9 Å². The minimum absolute atomic E-state index is 0.0376. The van der Waals surface area contributed by atoms with E-state index in [4.69, 9.17) is 4.74 Å². The molecule has 18 heavy (non-hydrogen) atoms. The number of alkyl halides is 1. The van der Waals surface area contributed by atoms with Crippen LogP contribution in [0.25, 0.3) is 0 Å². The van der Waals surface area contributed by atoms with E-state index in [-0.39, 0.29) is 11.2 Å². The third-order valence-electron chi connectivity index (χ3n) is 2.85. The van der Waals surface area contributed by atoms with E-state index in [0.29, 0.717) is 6.42 Å². The largest absolute Gasteiger partial charge is 0.468 e. The molecule has 0 aliphatic rings. The maximum absolute atomic E-state index is 12.6. The number of thioether (sulfide) groups is 1. The van der Waals surface area contributed by atoms with Gasteiger partial charge in [0.2, 0.25) is 0 Å². The summed E-state index contributed by atoms with van der Waals surface area (Å²) in [6, 6.07) is 0. The molecule has 0 rings (SSSR count). The van der Waals surface area contributed by atoms with Gasteiger partial charge < -0.3 is 4.74 Å². The molecule has 0 aromatic carbocycles. The SMILES string of the molecule is CCCCCC(SCCCCC(C)F)C(=O)OC. The molecule has 0 amide bonds. The Morgan fingerprint density at radius 2 is 1.89 bits per heavy atom. The van der Waals surface area contributed by atoms with Crippen molar-refractivity contribution in [2.24, 2.45) is 0 Å². The summed E-state index contributed by atoms with van der Waals surface area (Å²) in [7, 11) is 1.44. The molecular weight excluding hydrogens is 251 g/mol. The fraction of sp³-hybridized carbons (Fsp3) is 0.929. The van der Waals surface area contributed by atoms with E-state index in [9.17, 15) is 9.18 Å². The second kappa shape index (κ2) is 11.8. The summed E-state index contributed by atoms with van der Waals surface area (Å²) in [6.07, 6.45) is 6.07. The van der Waals surface area contributed by atoms with Gasteiger partial charge in [-0.2, -0.15) is 0 Å². The molecule has 0 saturated heterocycles. The highest BCUT2D eigenvalue weighted by molar-refractivity contribution is 8.00. The Hall–Kier alpha value is -0.250. The smallest absolute Gasteiger partial charge is 0.318 e. The van der Waals surface area contributed by atoms with E-state index in [2.05, 4.69) is 6.92 Å². The van der Waals surface area contributed by atoms with Crippen molar-refractivity contribution in [1.82, 2.24) is 0 Å². The second-order valence-electron chi connectivity index (χ2n) is 4.65. The van der Waals surface area contributed by atoms with Gasteiger partial charge >= 0.3 is 5.97 Å². The molecule has 2 unspecified atom stereocenters. The normalized spacial score (nSPS) is 14.2. The molecule has 0 aliphatic carbocycles. The van der Waals surface area contributed by atoms with Gasteiger partial charge in [-0.05, 0) is 38.4 Å². The number of methoxy groups -OCH3 is 1. The van der Waals surface area contributed by atoms with Gasteiger partial charge in [-0.25, -0.2) is 4.39 Å². The topological polar surface area (TPSA) is 26.3 Å². The number of carbonyl (C=O) groups excluding carboxylic acids is 1. The van der Waals surface area contributed by atoms with Gasteiger partial charge in [0.05, 0.1) is 13.3 Å². The number of ether oxygens (including phenoxy) is 1. The van der Waals surface area contributed by atoms with Crippen LogP contribution < -0.4 is 0 Å². The standard InChI is InChI=1S/C14H27FO2S/c1-4-5-6-10-13(14(16)17-3)18-11-8-7-9-12(2)15/h12-13H,4-11H2,1-3H3. The van der Waals surface area contributed by atoms with Crippen LogP contribution in [0.3, 0.4) is 0 Å². The van der Waals surface area contributed by atoms with Crippen LogP contribution in [0.2, 0.25) is 0 Å². The first-order chi connectivity index (χ1) is 8.61. The summed E-state index contributed by atoms with van der Waals surface area (Å²) >= 11 is 1.66. The summed E-state index contributed by atoms with van der Waals surface area (Å²) in [5, 5.41) is -0.0376. The van der Waals surface area contributed by atoms with Crippen LogP contribution in [-0.4, -0.2) is 30.3 Å². The molecule has 2 nitrogen and oxygen atoms in total. The average molecular weight is 278 g/mol. The van der Waals surface area contributed by atoms with Crippen molar-refractivity contribution >= 4 is 17.7 Å². The minimum Gasteiger partial charge on any atom is -0.468 e. The van der Waals surface area contributed by atoms with Gasteiger partial charge in [-0.3, -0.25) is 4.79 Å². The first-order valence-electron chi connectivity index (χ1n) is 6.95. The first-order valence-corrected chi connectivity index (χ1v) is 8.00. The summed E-state index contributed by atoms with van der Waals surface area (Å²) in [6.45, 7) is 3.74. The Labute approximate surface area is 115 Å². The molecule has 0 aliphatic heterocycles. The molecule has 0 aromatic rings. The Morgan fingerprint density at radius 3 is 2.44 bits per heavy atom. The lowest BCUT2D eigenvalue weighted by Crippen LogP contribution is -2.19. The fourth-order valence-corrected chi connectivity index (χ4v) is 2.95. The molecule has 0 heterocycles. The van der Waals surface area contributed by atoms with Crippen molar-refractivity contribution in [3.05, 3.63) is 0 Å². The Balaban J connectivity index is 3.76. The van der Waals surface area contributed by atoms with Crippen molar-refractivity contribution in [2.45, 2.75) is 70.2 Å². The molecule has 0 fully saturated rings. The van der Waals surface area contributed by atoms with E-state index in [0.717, 1.165) is 44.3 Å². The van der Waals surface area contributed by atoms with Crippen LogP contribution in [0, 0.1) is 0 Å². The van der Waals surface area contributed by atoms with Crippen LogP contribution in [0.5, 0.6) is 0 Å². The molecule has 0 aromatic heterocycles. The number of esters is 1. The van der Waals surface area contributed by atoms with Gasteiger partial charge in [-0.15, -0.1) is 11.8 Å². The fourth-order valence-electron chi connectivity index (χ4n) is 1.73. The van der Waals surface area contributed by atoms with Crippen molar-refractivity contribution in [1.29, 1.82) is 0 Å². The van der Waals surface area contributed by atoms with Gasteiger partial charge in [0.1, 0.15) is 5.25 Å². The lowest BCUT2D eigenvalue weighted by Gasteiger charge is -2.14. The molecule has 108 valence electrons. The zero-order valence-corrected chi connectivity index (χ0v) is 12.7. The number of halogens is 1. The highest BCUT2D eigenvalue weighted by atomic mass is 32.2. The Morgan fingerprint density at radius 1 is 1.22 bits per heavy atom. The second-order valence-corrected chi connectivity index (χ2v) is 5.97. The van der Waals surface area contributed by atoms with E-state index >= 15 is 0 Å². The van der Waals surface area contributed by atoms with E-state index < -0.39 is 6.17 Å². The molecule has 4 heteroatoms. The minimum atomic E-state index is -0.712. The Bertz CT molecular complexity index is 210. The highest BCUT2D eigenvalue weighted by Gasteiger charge is 2.18. The number of hydrogen-bond acceptors (Lipinski definition) is 3. The Kier molecular flexibility index (Phi) is 11.7. The van der Waals surface area contributed by atoms with Crippen molar-refractivity contribution in [3.63, 3.8) is 0 Å². The van der Waals surface area contributed by atoms with E-state index in [1.54, 1.807) is 18.7 Å². The maximum atomic E-state index is 12.6. The molecule has 0 saturated carbocycles. The van der Waals surface area contributed by atoms with Crippen LogP contribution in [0.1, 0.15) is 58.8 Å². The first kappa shape index (κ1) is 17.8. The predicted molar refractivity (Wildman–Crippen MR) is 76.8 cm³/mol. The van der Waals surface area contributed by atoms with E-state index in [1.807, 2.05) is 0 Å².